The molecule has 12 aromatic rings. The Labute approximate surface area is 709 Å². The van der Waals surface area contributed by atoms with Crippen LogP contribution in [0.2, 0.25) is 10.0 Å². The van der Waals surface area contributed by atoms with Crippen molar-refractivity contribution in [3.63, 3.8) is 0 Å². The Kier molecular flexibility index (Phi) is 32.7. The first-order valence-electron chi connectivity index (χ1n) is 39.2. The summed E-state index contributed by atoms with van der Waals surface area (Å²) in [4.78, 5) is 57.7. The summed E-state index contributed by atoms with van der Waals surface area (Å²) in [7, 11) is -2.99. The minimum atomic E-state index is -4.14. The molecule has 0 spiro atoms. The molecule has 0 saturated carbocycles. The number of anilines is 4. The molecule has 2 heterocycles. The summed E-state index contributed by atoms with van der Waals surface area (Å²) in [6, 6.07) is 95.1. The van der Waals surface area contributed by atoms with Crippen LogP contribution in [0.4, 0.5) is 22.7 Å². The van der Waals surface area contributed by atoms with Gasteiger partial charge in [-0.3, -0.25) is 32.7 Å². The average Bonchev–Trinajstić information content (AvgIpc) is 1.74. The van der Waals surface area contributed by atoms with E-state index in [0.717, 1.165) is 61.3 Å². The fourth-order valence-electron chi connectivity index (χ4n) is 13.4. The summed E-state index contributed by atoms with van der Waals surface area (Å²) in [6.07, 6.45) is 1.16. The molecule has 612 valence electrons. The fourth-order valence-corrected chi connectivity index (χ4v) is 17.3. The average molecular weight is 1690 g/mol. The number of hydrogen-bond acceptors (Lipinski definition) is 14. The smallest absolute Gasteiger partial charge is 0.322 e. The third kappa shape index (κ3) is 25.7. The van der Waals surface area contributed by atoms with Gasteiger partial charge in [-0.05, 0) is 208 Å². The monoisotopic (exact) mass is 1690 g/mol. The Morgan fingerprint density at radius 3 is 1.09 bits per heavy atom. The Morgan fingerprint density at radius 1 is 0.395 bits per heavy atom. The number of nitrogens with one attached hydrogen (secondary N) is 2. The highest BCUT2D eigenvalue weighted by Gasteiger charge is 2.37. The van der Waals surface area contributed by atoms with E-state index in [-0.39, 0.29) is 36.8 Å². The molecule has 2 aliphatic rings. The Hall–Kier alpha value is -10.2. The lowest BCUT2D eigenvalue weighted by Crippen LogP contribution is -2.32. The van der Waals surface area contributed by atoms with Gasteiger partial charge in [0.1, 0.15) is 0 Å². The first-order chi connectivity index (χ1) is 57.8. The van der Waals surface area contributed by atoms with Gasteiger partial charge in [-0.25, -0.2) is 9.24 Å². The third-order valence-corrected chi connectivity index (χ3v) is 24.0. The number of phosphoric acid groups is 1. The summed E-state index contributed by atoms with van der Waals surface area (Å²) < 4.78 is 65.4. The van der Waals surface area contributed by atoms with Crippen molar-refractivity contribution in [3.8, 4) is 0 Å². The summed E-state index contributed by atoms with van der Waals surface area (Å²) in [5, 5.41) is 6.90. The fraction of sp³-hybridized carbons (Fsp3) is 0.208. The van der Waals surface area contributed by atoms with Crippen molar-refractivity contribution in [3.05, 3.63) is 402 Å². The van der Waals surface area contributed by atoms with Gasteiger partial charge in [0, 0.05) is 79.3 Å². The van der Waals surface area contributed by atoms with Crippen molar-refractivity contribution >= 4 is 94.5 Å². The highest BCUT2D eigenvalue weighted by atomic mass is 35.5. The zero-order chi connectivity index (χ0) is 83.5. The molecule has 2 unspecified atom stereocenters. The van der Waals surface area contributed by atoms with Crippen LogP contribution in [0.1, 0.15) is 146 Å². The van der Waals surface area contributed by atoms with Gasteiger partial charge in [-0.15, -0.1) is 0 Å². The topological polar surface area (TPSA) is 193 Å². The van der Waals surface area contributed by atoms with Crippen molar-refractivity contribution in [2.45, 2.75) is 105 Å². The van der Waals surface area contributed by atoms with Gasteiger partial charge in [0.25, 0.3) is 32.2 Å². The van der Waals surface area contributed by atoms with Crippen LogP contribution in [0.15, 0.2) is 303 Å². The number of halogens is 2. The van der Waals surface area contributed by atoms with Gasteiger partial charge < -0.3 is 43.1 Å². The molecule has 23 heteroatoms. The third-order valence-electron chi connectivity index (χ3n) is 19.6. The maximum Gasteiger partial charge on any atom is 0.476 e. The van der Waals surface area contributed by atoms with Gasteiger partial charge in [-0.2, -0.15) is 0 Å². The predicted octanol–water partition coefficient (Wildman–Crippen LogP) is 24.8. The zero-order valence-corrected chi connectivity index (χ0v) is 71.4. The normalized spacial score (nSPS) is 13.8. The molecule has 12 aromatic carbocycles. The molecule has 119 heavy (non-hydrogen) atoms. The number of rotatable bonds is 29. The van der Waals surface area contributed by atoms with Gasteiger partial charge >= 0.3 is 16.4 Å². The number of phosphoric ester groups is 1. The van der Waals surface area contributed by atoms with E-state index in [2.05, 4.69) is 34.9 Å². The van der Waals surface area contributed by atoms with E-state index in [9.17, 15) is 23.7 Å². The van der Waals surface area contributed by atoms with Crippen molar-refractivity contribution in [2.24, 2.45) is 0 Å². The predicted molar refractivity (Wildman–Crippen MR) is 476 cm³/mol. The van der Waals surface area contributed by atoms with Gasteiger partial charge in [0.2, 0.25) is 0 Å². The second-order valence-corrected chi connectivity index (χ2v) is 34.2. The molecule has 2 atom stereocenters. The van der Waals surface area contributed by atoms with Crippen molar-refractivity contribution in [1.29, 1.82) is 0 Å². The van der Waals surface area contributed by atoms with Crippen molar-refractivity contribution in [2.75, 3.05) is 47.6 Å². The maximum atomic E-state index is 14.3. The van der Waals surface area contributed by atoms with Crippen LogP contribution in [0.3, 0.4) is 0 Å². The van der Waals surface area contributed by atoms with Crippen LogP contribution in [0, 0.1) is 27.7 Å². The molecule has 18 nitrogen and oxygen atoms in total. The summed E-state index contributed by atoms with van der Waals surface area (Å²) in [5.41, 5.74) is 15.4. The molecule has 4 amide bonds. The number of hydrogen-bond donors (Lipinski definition) is 2. The van der Waals surface area contributed by atoms with E-state index < -0.39 is 37.2 Å². The van der Waals surface area contributed by atoms with E-state index in [1.807, 2.05) is 259 Å². The molecule has 2 N–H and O–H groups in total. The van der Waals surface area contributed by atoms with E-state index in [1.54, 1.807) is 76.5 Å². The van der Waals surface area contributed by atoms with Crippen LogP contribution < -0.4 is 20.4 Å². The second-order valence-electron chi connectivity index (χ2n) is 28.7. The highest BCUT2D eigenvalue weighted by molar-refractivity contribution is 7.48. The summed E-state index contributed by atoms with van der Waals surface area (Å²) >= 11 is 13.1. The number of aryl methyl sites for hydroxylation is 4. The van der Waals surface area contributed by atoms with Crippen LogP contribution in [-0.2, 0) is 80.4 Å². The van der Waals surface area contributed by atoms with Crippen LogP contribution in [0.25, 0.3) is 0 Å². The molecule has 14 rings (SSSR count). The number of nitrogens with zero attached hydrogens (tertiary/aromatic N) is 3. The molecular weight excluding hydrogens is 1590 g/mol. The Balaban J connectivity index is 0.000000178. The van der Waals surface area contributed by atoms with Gasteiger partial charge in [0.15, 0.2) is 0 Å². The Morgan fingerprint density at radius 2 is 0.731 bits per heavy atom. The lowest BCUT2D eigenvalue weighted by Gasteiger charge is -2.27. The lowest BCUT2D eigenvalue weighted by atomic mass is 10.0. The van der Waals surface area contributed by atoms with Crippen LogP contribution >= 0.6 is 48.2 Å². The minimum Gasteiger partial charge on any atom is -0.322 e. The van der Waals surface area contributed by atoms with E-state index in [4.69, 9.17) is 59.4 Å². The standard InChI is InChI=1S/C40H38ClN2O6P.C40H38ClN2O5P.C16H20NO2P/c1-28-12-9-10-17-34(28)39(44)42-33-20-21-35(29(2)24-33)40(45)43-23-11-18-38(36-25-32(41)19-22-37(36)43)49-50(46,47-26-30-13-5-3-6-14-30)48-27-31-15-7-4-8-16-31;1-28-12-9-10-17-34(28)39(44)42-33-20-21-35(29(2)24-33)40(45)43-23-11-18-38(36-25-32(41)19-22-37(36)43)48-49(46-26-30-13-5-3-6-14-30)47-27-31-15-7-4-8-16-31;1-17(2)20(18-13-15-9-5-3-6-10-15)19-14-16-11-7-4-8-12-16/h3-10,12-17,19-22,24-25,38H,11,18,23,26-27H2,1-2H3,(H,42,44);3-10,12-17,19-22,24-25,38H,11,18,23,26-27H2,1-2H3,(H,42,44);3-12H,13-14H2,1-2H3. The molecule has 0 aliphatic carbocycles. The SMILES string of the molecule is CN(C)P(OCc1ccccc1)OCc1ccccc1.Cc1ccccc1C(=O)Nc1ccc(C(=O)N2CCCC(OP(=O)(OCc3ccccc3)OCc3ccccc3)c3cc(Cl)ccc32)c(C)c1.Cc1ccccc1C(=O)Nc1ccc(C(=O)N2CCCC(OP(OCc3ccccc3)OCc3ccccc3)c3cc(Cl)ccc32)c(C)c1. The molecule has 2 aliphatic heterocycles. The summed E-state index contributed by atoms with van der Waals surface area (Å²) in [5.74, 6) is -0.765. The van der Waals surface area contributed by atoms with E-state index in [0.29, 0.717) is 126 Å². The molecule has 0 radical (unpaired) electrons. The maximum absolute atomic E-state index is 14.3. The number of amides is 4. The minimum absolute atomic E-state index is 0.0212. The first kappa shape index (κ1) is 88.1. The largest absolute Gasteiger partial charge is 0.476 e. The van der Waals surface area contributed by atoms with Gasteiger partial charge in [0.05, 0.1) is 51.8 Å². The second kappa shape index (κ2) is 44.2. The Bertz CT molecular complexity index is 5250. The quantitative estimate of drug-likeness (QED) is 0.0421. The van der Waals surface area contributed by atoms with E-state index in [1.165, 1.54) is 0 Å². The first-order valence-corrected chi connectivity index (χ1v) is 43.7. The number of carbonyl (C=O) groups is 4. The van der Waals surface area contributed by atoms with Crippen LogP contribution in [0.5, 0.6) is 0 Å². The zero-order valence-electron chi connectivity index (χ0n) is 67.3. The highest BCUT2D eigenvalue weighted by Crippen LogP contribution is 2.57. The van der Waals surface area contributed by atoms with Crippen molar-refractivity contribution in [1.82, 2.24) is 4.67 Å². The number of carbonyl (C=O) groups excluding carboxylic acids is 4. The molecular formula is C96H96Cl2N5O13P3. The number of fused-ring (bicyclic) bond motifs is 2. The molecule has 0 bridgehead atoms. The number of benzene rings is 12. The molecule has 0 aromatic heterocycles. The van der Waals surface area contributed by atoms with Crippen LogP contribution in [-0.4, -0.2) is 55.5 Å². The lowest BCUT2D eigenvalue weighted by molar-refractivity contribution is 0.0663. The van der Waals surface area contributed by atoms with E-state index >= 15 is 0 Å². The molecule has 0 saturated heterocycles. The molecule has 0 fully saturated rings. The van der Waals surface area contributed by atoms with Crippen molar-refractivity contribution < 1.29 is 59.9 Å². The van der Waals surface area contributed by atoms with Gasteiger partial charge in [-0.1, -0.05) is 242 Å². The summed E-state index contributed by atoms with van der Waals surface area (Å²) in [6.45, 7) is 10.2.